The molecule has 3 rings (SSSR count). The SMILES string of the molecule is C/C=C1\C[C@H]2C(C)N(C)c3cc(OCC)c(OC)cc3C(=O)N2C1. The number of hydrogen-bond donors (Lipinski definition) is 0. The highest BCUT2D eigenvalue weighted by Gasteiger charge is 2.41. The third-order valence-electron chi connectivity index (χ3n) is 5.27. The van der Waals surface area contributed by atoms with Gasteiger partial charge in [0.25, 0.3) is 5.91 Å². The first-order valence-corrected chi connectivity index (χ1v) is 8.54. The van der Waals surface area contributed by atoms with Crippen LogP contribution in [-0.4, -0.2) is 50.2 Å². The summed E-state index contributed by atoms with van der Waals surface area (Å²) in [6, 6.07) is 4.19. The number of fused-ring (bicyclic) bond motifs is 2. The third-order valence-corrected chi connectivity index (χ3v) is 5.27. The van der Waals surface area contributed by atoms with Crippen LogP contribution in [0.4, 0.5) is 5.69 Å². The number of likely N-dealkylation sites (N-methyl/N-ethyl adjacent to an activating group) is 1. The number of methoxy groups -OCH3 is 1. The van der Waals surface area contributed by atoms with Crippen LogP contribution in [0.15, 0.2) is 23.8 Å². The standard InChI is InChI=1S/C19H26N2O3/c1-6-13-8-15-12(3)20(4)16-10-18(24-7-2)17(23-5)9-14(16)19(22)21(15)11-13/h6,9-10,12,15H,7-8,11H2,1-5H3/b13-6+/t12?,15-/m0/s1. The molecule has 0 aliphatic carbocycles. The number of hydrogen-bond acceptors (Lipinski definition) is 4. The Morgan fingerprint density at radius 3 is 2.71 bits per heavy atom. The maximum atomic E-state index is 13.2. The van der Waals surface area contributed by atoms with Gasteiger partial charge in [0.05, 0.1) is 31.0 Å². The topological polar surface area (TPSA) is 42.0 Å². The predicted molar refractivity (Wildman–Crippen MR) is 95.2 cm³/mol. The Morgan fingerprint density at radius 1 is 1.33 bits per heavy atom. The maximum Gasteiger partial charge on any atom is 0.256 e. The molecule has 0 bridgehead atoms. The smallest absolute Gasteiger partial charge is 0.256 e. The molecule has 5 heteroatoms. The van der Waals surface area contributed by atoms with Crippen molar-refractivity contribution in [1.29, 1.82) is 0 Å². The Balaban J connectivity index is 2.12. The van der Waals surface area contributed by atoms with Crippen molar-refractivity contribution < 1.29 is 14.3 Å². The molecule has 24 heavy (non-hydrogen) atoms. The molecule has 0 N–H and O–H groups in total. The van der Waals surface area contributed by atoms with Crippen molar-refractivity contribution in [2.45, 2.75) is 39.3 Å². The molecule has 0 saturated carbocycles. The van der Waals surface area contributed by atoms with Gasteiger partial charge in [0.1, 0.15) is 0 Å². The number of carbonyl (C=O) groups is 1. The first-order valence-electron chi connectivity index (χ1n) is 8.54. The quantitative estimate of drug-likeness (QED) is 0.799. The first-order chi connectivity index (χ1) is 11.5. The number of rotatable bonds is 3. The van der Waals surface area contributed by atoms with Gasteiger partial charge in [-0.25, -0.2) is 0 Å². The van der Waals surface area contributed by atoms with Crippen LogP contribution in [0.25, 0.3) is 0 Å². The van der Waals surface area contributed by atoms with Crippen LogP contribution >= 0.6 is 0 Å². The highest BCUT2D eigenvalue weighted by atomic mass is 16.5. The van der Waals surface area contributed by atoms with Gasteiger partial charge in [0.2, 0.25) is 0 Å². The Labute approximate surface area is 143 Å². The van der Waals surface area contributed by atoms with Gasteiger partial charge in [-0.2, -0.15) is 0 Å². The van der Waals surface area contributed by atoms with E-state index in [0.29, 0.717) is 30.2 Å². The Kier molecular flexibility index (Phi) is 4.43. The Morgan fingerprint density at radius 2 is 2.08 bits per heavy atom. The van der Waals surface area contributed by atoms with Crippen LogP contribution in [0.2, 0.25) is 0 Å². The molecule has 2 aliphatic rings. The zero-order chi connectivity index (χ0) is 17.4. The second-order valence-electron chi connectivity index (χ2n) is 6.46. The van der Waals surface area contributed by atoms with E-state index < -0.39 is 0 Å². The molecule has 2 heterocycles. The highest BCUT2D eigenvalue weighted by molar-refractivity contribution is 6.02. The van der Waals surface area contributed by atoms with Crippen molar-refractivity contribution in [3.05, 3.63) is 29.3 Å². The minimum atomic E-state index is 0.0735. The van der Waals surface area contributed by atoms with Crippen LogP contribution in [0.5, 0.6) is 11.5 Å². The summed E-state index contributed by atoms with van der Waals surface area (Å²) < 4.78 is 11.1. The van der Waals surface area contributed by atoms with Crippen LogP contribution in [0, 0.1) is 0 Å². The lowest BCUT2D eigenvalue weighted by molar-refractivity contribution is 0.0733. The van der Waals surface area contributed by atoms with E-state index in [9.17, 15) is 4.79 Å². The second kappa shape index (κ2) is 6.38. The van der Waals surface area contributed by atoms with E-state index in [1.54, 1.807) is 7.11 Å². The normalized spacial score (nSPS) is 24.7. The maximum absolute atomic E-state index is 13.2. The summed E-state index contributed by atoms with van der Waals surface area (Å²) in [5.41, 5.74) is 2.92. The summed E-state index contributed by atoms with van der Waals surface area (Å²) in [4.78, 5) is 17.4. The molecule has 0 aromatic heterocycles. The first kappa shape index (κ1) is 16.7. The number of carbonyl (C=O) groups excluding carboxylic acids is 1. The fourth-order valence-electron chi connectivity index (χ4n) is 3.71. The summed E-state index contributed by atoms with van der Waals surface area (Å²) in [7, 11) is 3.66. The molecule has 1 aromatic carbocycles. The molecule has 2 aliphatic heterocycles. The second-order valence-corrected chi connectivity index (χ2v) is 6.46. The van der Waals surface area contributed by atoms with Crippen LogP contribution in [0.3, 0.4) is 0 Å². The van der Waals surface area contributed by atoms with Crippen molar-refractivity contribution in [3.63, 3.8) is 0 Å². The van der Waals surface area contributed by atoms with Crippen molar-refractivity contribution in [1.82, 2.24) is 4.90 Å². The predicted octanol–water partition coefficient (Wildman–Crippen LogP) is 3.09. The number of benzene rings is 1. The molecule has 1 unspecified atom stereocenters. The van der Waals surface area contributed by atoms with Gasteiger partial charge in [-0.15, -0.1) is 0 Å². The van der Waals surface area contributed by atoms with Crippen LogP contribution in [-0.2, 0) is 0 Å². The zero-order valence-corrected chi connectivity index (χ0v) is 15.1. The number of anilines is 1. The molecule has 1 amide bonds. The number of nitrogens with zero attached hydrogens (tertiary/aromatic N) is 2. The molecular formula is C19H26N2O3. The van der Waals surface area contributed by atoms with Gasteiger partial charge in [-0.1, -0.05) is 11.6 Å². The molecule has 2 atom stereocenters. The lowest BCUT2D eigenvalue weighted by atomic mass is 10.0. The third kappa shape index (κ3) is 2.52. The molecule has 0 spiro atoms. The summed E-state index contributed by atoms with van der Waals surface area (Å²) >= 11 is 0. The number of amides is 1. The fourth-order valence-corrected chi connectivity index (χ4v) is 3.71. The largest absolute Gasteiger partial charge is 0.493 e. The van der Waals surface area contributed by atoms with Gasteiger partial charge < -0.3 is 19.3 Å². The zero-order valence-electron chi connectivity index (χ0n) is 15.1. The van der Waals surface area contributed by atoms with Crippen molar-refractivity contribution in [2.24, 2.45) is 0 Å². The van der Waals surface area contributed by atoms with Gasteiger partial charge in [-0.3, -0.25) is 4.79 Å². The van der Waals surface area contributed by atoms with Crippen molar-refractivity contribution in [2.75, 3.05) is 32.2 Å². The molecule has 5 nitrogen and oxygen atoms in total. The van der Waals surface area contributed by atoms with Gasteiger partial charge in [0, 0.05) is 25.7 Å². The van der Waals surface area contributed by atoms with Gasteiger partial charge >= 0.3 is 0 Å². The van der Waals surface area contributed by atoms with E-state index in [4.69, 9.17) is 9.47 Å². The lowest BCUT2D eigenvalue weighted by Crippen LogP contribution is -2.45. The molecule has 1 saturated heterocycles. The summed E-state index contributed by atoms with van der Waals surface area (Å²) in [6.45, 7) is 7.45. The van der Waals surface area contributed by atoms with E-state index in [1.165, 1.54) is 5.57 Å². The van der Waals surface area contributed by atoms with E-state index in [2.05, 4.69) is 24.9 Å². The lowest BCUT2D eigenvalue weighted by Gasteiger charge is -2.32. The Hall–Kier alpha value is -2.17. The van der Waals surface area contributed by atoms with Crippen molar-refractivity contribution in [3.8, 4) is 11.5 Å². The van der Waals surface area contributed by atoms with E-state index in [0.717, 1.165) is 12.1 Å². The molecular weight excluding hydrogens is 304 g/mol. The van der Waals surface area contributed by atoms with Gasteiger partial charge in [-0.05, 0) is 33.3 Å². The minimum absolute atomic E-state index is 0.0735. The van der Waals surface area contributed by atoms with Crippen LogP contribution in [0.1, 0.15) is 37.6 Å². The van der Waals surface area contributed by atoms with E-state index >= 15 is 0 Å². The van der Waals surface area contributed by atoms with Crippen molar-refractivity contribution >= 4 is 11.6 Å². The molecule has 1 aromatic rings. The average Bonchev–Trinajstić information content (AvgIpc) is 3.01. The molecule has 0 radical (unpaired) electrons. The summed E-state index contributed by atoms with van der Waals surface area (Å²) in [5, 5.41) is 0. The van der Waals surface area contributed by atoms with E-state index in [1.807, 2.05) is 30.9 Å². The molecule has 130 valence electrons. The molecule has 1 fully saturated rings. The average molecular weight is 330 g/mol. The van der Waals surface area contributed by atoms with Gasteiger partial charge in [0.15, 0.2) is 11.5 Å². The van der Waals surface area contributed by atoms with E-state index in [-0.39, 0.29) is 18.0 Å². The highest BCUT2D eigenvalue weighted by Crippen LogP contribution is 2.41. The fraction of sp³-hybridized carbons (Fsp3) is 0.526. The summed E-state index contributed by atoms with van der Waals surface area (Å²) in [6.07, 6.45) is 3.07. The Bertz CT molecular complexity index is 683. The summed E-state index contributed by atoms with van der Waals surface area (Å²) in [5.74, 6) is 1.36. The number of ether oxygens (including phenoxy) is 2. The minimum Gasteiger partial charge on any atom is -0.493 e. The van der Waals surface area contributed by atoms with Crippen LogP contribution < -0.4 is 14.4 Å². The number of allylic oxidation sites excluding steroid dienone is 1. The monoisotopic (exact) mass is 330 g/mol.